The van der Waals surface area contributed by atoms with E-state index >= 15 is 0 Å². The molecule has 0 aromatic carbocycles. The quantitative estimate of drug-likeness (QED) is 0.517. The largest absolute Gasteiger partial charge is 0.383 e. The van der Waals surface area contributed by atoms with Crippen molar-refractivity contribution in [3.63, 3.8) is 0 Å². The van der Waals surface area contributed by atoms with Gasteiger partial charge in [0.25, 0.3) is 0 Å². The van der Waals surface area contributed by atoms with Gasteiger partial charge in [0, 0.05) is 18.2 Å². The van der Waals surface area contributed by atoms with E-state index in [1.165, 1.54) is 11.8 Å². The van der Waals surface area contributed by atoms with Gasteiger partial charge in [0.2, 0.25) is 0 Å². The molecule has 1 atom stereocenters. The van der Waals surface area contributed by atoms with Crippen LogP contribution in [-0.4, -0.2) is 16.2 Å². The van der Waals surface area contributed by atoms with E-state index in [1.807, 2.05) is 6.26 Å². The third-order valence-corrected chi connectivity index (χ3v) is 2.78. The van der Waals surface area contributed by atoms with Gasteiger partial charge in [0.1, 0.15) is 5.82 Å². The van der Waals surface area contributed by atoms with Crippen LogP contribution in [0.25, 0.3) is 0 Å². The van der Waals surface area contributed by atoms with E-state index in [1.54, 1.807) is 0 Å². The number of nitrogens with one attached hydrogen (secondary N) is 1. The average Bonchev–Trinajstić information content (AvgIpc) is 2.48. The Hall–Kier alpha value is -0.810. The molecule has 0 amide bonds. The Morgan fingerprint density at radius 2 is 2.31 bits per heavy atom. The van der Waals surface area contributed by atoms with Crippen LogP contribution < -0.4 is 11.1 Å². The maximum Gasteiger partial charge on any atom is 0.189 e. The van der Waals surface area contributed by atoms with E-state index in [-0.39, 0.29) is 0 Å². The molecule has 1 aromatic rings. The first-order chi connectivity index (χ1) is 6.22. The standard InChI is InChI=1S/C8H12N4S/c1-4-6-5(3-10-4)7(9)12-8(11-6)13-2/h4,10H,3H2,1-2H3,(H2,9,11,12). The lowest BCUT2D eigenvalue weighted by Crippen LogP contribution is -2.07. The molecule has 5 heteroatoms. The van der Waals surface area contributed by atoms with Crippen molar-refractivity contribution in [1.82, 2.24) is 15.3 Å². The number of thioether (sulfide) groups is 1. The summed E-state index contributed by atoms with van der Waals surface area (Å²) in [7, 11) is 0. The molecule has 13 heavy (non-hydrogen) atoms. The van der Waals surface area contributed by atoms with Crippen molar-refractivity contribution in [3.8, 4) is 0 Å². The summed E-state index contributed by atoms with van der Waals surface area (Å²) in [5.74, 6) is 0.617. The van der Waals surface area contributed by atoms with Crippen LogP contribution in [0.1, 0.15) is 24.2 Å². The summed E-state index contributed by atoms with van der Waals surface area (Å²) in [5, 5.41) is 4.04. The molecule has 1 aliphatic rings. The molecule has 1 aliphatic heterocycles. The Balaban J connectivity index is 2.53. The highest BCUT2D eigenvalue weighted by Crippen LogP contribution is 2.27. The van der Waals surface area contributed by atoms with Crippen LogP contribution in [-0.2, 0) is 6.54 Å². The zero-order chi connectivity index (χ0) is 9.42. The second-order valence-corrected chi connectivity index (χ2v) is 3.84. The van der Waals surface area contributed by atoms with Gasteiger partial charge in [-0.05, 0) is 13.2 Å². The van der Waals surface area contributed by atoms with Crippen LogP contribution in [0.3, 0.4) is 0 Å². The maximum absolute atomic E-state index is 5.81. The molecule has 1 aromatic heterocycles. The van der Waals surface area contributed by atoms with Gasteiger partial charge >= 0.3 is 0 Å². The molecule has 1 unspecified atom stereocenters. The van der Waals surface area contributed by atoms with Crippen molar-refractivity contribution in [2.45, 2.75) is 24.7 Å². The zero-order valence-electron chi connectivity index (χ0n) is 7.66. The highest BCUT2D eigenvalue weighted by atomic mass is 32.2. The summed E-state index contributed by atoms with van der Waals surface area (Å²) < 4.78 is 0. The summed E-state index contributed by atoms with van der Waals surface area (Å²) in [6.45, 7) is 2.87. The van der Waals surface area contributed by atoms with Crippen molar-refractivity contribution in [1.29, 1.82) is 0 Å². The van der Waals surface area contributed by atoms with E-state index in [2.05, 4.69) is 22.2 Å². The highest BCUT2D eigenvalue weighted by molar-refractivity contribution is 7.98. The van der Waals surface area contributed by atoms with Crippen LogP contribution in [0, 0.1) is 0 Å². The van der Waals surface area contributed by atoms with Crippen molar-refractivity contribution in [2.24, 2.45) is 0 Å². The minimum atomic E-state index is 0.297. The van der Waals surface area contributed by atoms with Gasteiger partial charge in [0.15, 0.2) is 5.16 Å². The number of nitrogen functional groups attached to an aromatic ring is 1. The summed E-state index contributed by atoms with van der Waals surface area (Å²) in [6.07, 6.45) is 1.95. The second-order valence-electron chi connectivity index (χ2n) is 3.06. The monoisotopic (exact) mass is 196 g/mol. The average molecular weight is 196 g/mol. The lowest BCUT2D eigenvalue weighted by molar-refractivity contribution is 0.620. The van der Waals surface area contributed by atoms with Crippen LogP contribution in [0.15, 0.2) is 5.16 Å². The molecule has 2 heterocycles. The van der Waals surface area contributed by atoms with E-state index in [9.17, 15) is 0 Å². The number of nitrogens with zero attached hydrogens (tertiary/aromatic N) is 2. The van der Waals surface area contributed by atoms with Crippen LogP contribution in [0.4, 0.5) is 5.82 Å². The molecule has 0 saturated heterocycles. The predicted octanol–water partition coefficient (Wildman–Crippen LogP) is 0.945. The summed E-state index contributed by atoms with van der Waals surface area (Å²) in [6, 6.07) is 0.297. The summed E-state index contributed by atoms with van der Waals surface area (Å²) >= 11 is 1.52. The minimum Gasteiger partial charge on any atom is -0.383 e. The van der Waals surface area contributed by atoms with Gasteiger partial charge < -0.3 is 11.1 Å². The molecule has 0 radical (unpaired) electrons. The Kier molecular flexibility index (Phi) is 2.13. The van der Waals surface area contributed by atoms with Crippen LogP contribution in [0.5, 0.6) is 0 Å². The second kappa shape index (κ2) is 3.16. The van der Waals surface area contributed by atoms with Crippen molar-refractivity contribution in [2.75, 3.05) is 12.0 Å². The van der Waals surface area contributed by atoms with Gasteiger partial charge in [-0.15, -0.1) is 0 Å². The molecule has 0 bridgehead atoms. The molecule has 0 saturated carbocycles. The lowest BCUT2D eigenvalue weighted by Gasteiger charge is -2.05. The number of anilines is 1. The van der Waals surface area contributed by atoms with Crippen molar-refractivity contribution in [3.05, 3.63) is 11.3 Å². The Bertz CT molecular complexity index is 339. The number of hydrogen-bond donors (Lipinski definition) is 2. The highest BCUT2D eigenvalue weighted by Gasteiger charge is 2.23. The van der Waals surface area contributed by atoms with Gasteiger partial charge in [0.05, 0.1) is 5.69 Å². The third-order valence-electron chi connectivity index (χ3n) is 2.23. The van der Waals surface area contributed by atoms with E-state index in [4.69, 9.17) is 5.73 Å². The number of hydrogen-bond acceptors (Lipinski definition) is 5. The van der Waals surface area contributed by atoms with E-state index in [0.29, 0.717) is 11.9 Å². The van der Waals surface area contributed by atoms with E-state index < -0.39 is 0 Å². The van der Waals surface area contributed by atoms with Crippen molar-refractivity contribution >= 4 is 17.6 Å². The molecule has 3 N–H and O–H groups in total. The Labute approximate surface area is 81.3 Å². The smallest absolute Gasteiger partial charge is 0.189 e. The number of aromatic nitrogens is 2. The van der Waals surface area contributed by atoms with Gasteiger partial charge in [-0.1, -0.05) is 11.8 Å². The maximum atomic E-state index is 5.81. The normalized spacial score (nSPS) is 20.3. The third kappa shape index (κ3) is 1.38. The lowest BCUT2D eigenvalue weighted by atomic mass is 10.2. The number of nitrogens with two attached hydrogens (primary N) is 1. The molecule has 0 spiro atoms. The van der Waals surface area contributed by atoms with Crippen LogP contribution >= 0.6 is 11.8 Å². The molecule has 0 aliphatic carbocycles. The Morgan fingerprint density at radius 3 is 3.00 bits per heavy atom. The number of rotatable bonds is 1. The molecule has 0 fully saturated rings. The SMILES string of the molecule is CSc1nc(N)c2c(n1)C(C)NC2. The van der Waals surface area contributed by atoms with Crippen LogP contribution in [0.2, 0.25) is 0 Å². The van der Waals surface area contributed by atoms with E-state index in [0.717, 1.165) is 23.0 Å². The first-order valence-electron chi connectivity index (χ1n) is 4.16. The van der Waals surface area contributed by atoms with Gasteiger partial charge in [-0.2, -0.15) is 0 Å². The topological polar surface area (TPSA) is 63.8 Å². The first kappa shape index (κ1) is 8.77. The number of fused-ring (bicyclic) bond motifs is 1. The van der Waals surface area contributed by atoms with Gasteiger partial charge in [-0.3, -0.25) is 0 Å². The first-order valence-corrected chi connectivity index (χ1v) is 5.38. The molecular formula is C8H12N4S. The fraction of sp³-hybridized carbons (Fsp3) is 0.500. The fourth-order valence-electron chi connectivity index (χ4n) is 1.48. The summed E-state index contributed by atoms with van der Waals surface area (Å²) in [4.78, 5) is 8.61. The predicted molar refractivity (Wildman–Crippen MR) is 53.5 cm³/mol. The molecule has 2 rings (SSSR count). The Morgan fingerprint density at radius 1 is 1.54 bits per heavy atom. The molecular weight excluding hydrogens is 184 g/mol. The van der Waals surface area contributed by atoms with Crippen molar-refractivity contribution < 1.29 is 0 Å². The van der Waals surface area contributed by atoms with Gasteiger partial charge in [-0.25, -0.2) is 9.97 Å². The fourth-order valence-corrected chi connectivity index (χ4v) is 1.86. The zero-order valence-corrected chi connectivity index (χ0v) is 8.48. The molecule has 4 nitrogen and oxygen atoms in total. The minimum absolute atomic E-state index is 0.297. The molecule has 70 valence electrons. The summed E-state index contributed by atoms with van der Waals surface area (Å²) in [5.41, 5.74) is 7.92.